The van der Waals surface area contributed by atoms with Crippen LogP contribution >= 0.6 is 0 Å². The van der Waals surface area contributed by atoms with E-state index in [0.717, 1.165) is 50.0 Å². The number of benzene rings is 2. The Kier molecular flexibility index (Phi) is 13.1. The normalized spacial score (nSPS) is 19.8. The van der Waals surface area contributed by atoms with E-state index in [1.165, 1.54) is 4.90 Å². The zero-order chi connectivity index (χ0) is 38.3. The fourth-order valence-corrected chi connectivity index (χ4v) is 6.11. The Labute approximate surface area is 300 Å². The van der Waals surface area contributed by atoms with Crippen LogP contribution in [0.5, 0.6) is 0 Å². The number of carbonyl (C=O) groups excluding carboxylic acids is 5. The van der Waals surface area contributed by atoms with Gasteiger partial charge in [0.2, 0.25) is 0 Å². The summed E-state index contributed by atoms with van der Waals surface area (Å²) < 4.78 is 32.8. The SMILES string of the molecule is COC(=O)[C@H]1O[C@@H](OCCN(Cc2cc3cc(C)cc(C)c3[nH]c2=O)C(=O)Nc2ccccc2C(C)C)[C@H](OC(C)=O)[C@@H](OC(C)=O)[C@@H]1OC(C)=O. The van der Waals surface area contributed by atoms with E-state index in [0.29, 0.717) is 16.8 Å². The Morgan fingerprint density at radius 1 is 0.904 bits per heavy atom. The van der Waals surface area contributed by atoms with Gasteiger partial charge in [0, 0.05) is 38.6 Å². The molecule has 0 spiro atoms. The number of pyridine rings is 1. The molecule has 1 fully saturated rings. The molecule has 2 heterocycles. The molecule has 0 radical (unpaired) electrons. The molecule has 0 unspecified atom stereocenters. The Bertz CT molecular complexity index is 1870. The Morgan fingerprint density at radius 3 is 2.17 bits per heavy atom. The number of hydrogen-bond acceptors (Lipinski definition) is 12. The highest BCUT2D eigenvalue weighted by Crippen LogP contribution is 2.31. The molecular weight excluding hydrogens is 678 g/mol. The topological polar surface area (TPSA) is 189 Å². The van der Waals surface area contributed by atoms with Crippen LogP contribution in [-0.4, -0.2) is 90.8 Å². The van der Waals surface area contributed by atoms with E-state index in [9.17, 15) is 28.8 Å². The molecule has 0 aliphatic carbocycles. The van der Waals surface area contributed by atoms with Crippen molar-refractivity contribution in [1.29, 1.82) is 0 Å². The molecule has 52 heavy (non-hydrogen) atoms. The number of carbonyl (C=O) groups is 5. The number of hydrogen-bond donors (Lipinski definition) is 2. The molecular formula is C37H45N3O12. The minimum atomic E-state index is -1.65. The van der Waals surface area contributed by atoms with Gasteiger partial charge in [-0.3, -0.25) is 19.2 Å². The van der Waals surface area contributed by atoms with E-state index >= 15 is 0 Å². The van der Waals surface area contributed by atoms with E-state index < -0.39 is 60.6 Å². The molecule has 280 valence electrons. The average molecular weight is 724 g/mol. The molecule has 2 aromatic carbocycles. The molecule has 2 N–H and O–H groups in total. The number of methoxy groups -OCH3 is 1. The summed E-state index contributed by atoms with van der Waals surface area (Å²) in [5, 5.41) is 3.74. The molecule has 1 saturated heterocycles. The van der Waals surface area contributed by atoms with Crippen molar-refractivity contribution in [2.75, 3.05) is 25.6 Å². The lowest BCUT2D eigenvalue weighted by Crippen LogP contribution is -2.64. The minimum absolute atomic E-state index is 0.0912. The van der Waals surface area contributed by atoms with Crippen molar-refractivity contribution in [1.82, 2.24) is 9.88 Å². The number of aromatic amines is 1. The molecule has 0 saturated carbocycles. The van der Waals surface area contributed by atoms with Gasteiger partial charge < -0.3 is 43.6 Å². The third-order valence-corrected chi connectivity index (χ3v) is 8.32. The minimum Gasteiger partial charge on any atom is -0.467 e. The van der Waals surface area contributed by atoms with Gasteiger partial charge in [0.25, 0.3) is 5.56 Å². The van der Waals surface area contributed by atoms with Gasteiger partial charge in [-0.25, -0.2) is 9.59 Å². The lowest BCUT2D eigenvalue weighted by Gasteiger charge is -2.43. The van der Waals surface area contributed by atoms with Crippen LogP contribution in [0.4, 0.5) is 10.5 Å². The number of anilines is 1. The predicted octanol–water partition coefficient (Wildman–Crippen LogP) is 4.01. The van der Waals surface area contributed by atoms with Crippen LogP contribution in [0.3, 0.4) is 0 Å². The number of para-hydroxylation sites is 1. The van der Waals surface area contributed by atoms with Crippen LogP contribution in [0, 0.1) is 13.8 Å². The summed E-state index contributed by atoms with van der Waals surface area (Å²) in [4.78, 5) is 80.8. The number of amides is 2. The first-order chi connectivity index (χ1) is 24.6. The largest absolute Gasteiger partial charge is 0.467 e. The maximum atomic E-state index is 13.9. The van der Waals surface area contributed by atoms with Crippen molar-refractivity contribution >= 4 is 46.5 Å². The van der Waals surface area contributed by atoms with Crippen LogP contribution in [0.15, 0.2) is 47.3 Å². The first-order valence-electron chi connectivity index (χ1n) is 16.7. The van der Waals surface area contributed by atoms with E-state index in [1.807, 2.05) is 52.0 Å². The van der Waals surface area contributed by atoms with Crippen molar-refractivity contribution in [2.45, 2.75) is 91.6 Å². The quantitative estimate of drug-likeness (QED) is 0.202. The molecule has 4 rings (SSSR count). The van der Waals surface area contributed by atoms with E-state index in [-0.39, 0.29) is 31.2 Å². The van der Waals surface area contributed by atoms with Crippen molar-refractivity contribution < 1.29 is 52.4 Å². The number of fused-ring (bicyclic) bond motifs is 1. The van der Waals surface area contributed by atoms with Gasteiger partial charge in [-0.15, -0.1) is 0 Å². The number of urea groups is 1. The highest BCUT2D eigenvalue weighted by molar-refractivity contribution is 5.90. The Balaban J connectivity index is 1.67. The van der Waals surface area contributed by atoms with Gasteiger partial charge in [0.05, 0.1) is 25.8 Å². The summed E-state index contributed by atoms with van der Waals surface area (Å²) in [6.07, 6.45) is -7.83. The van der Waals surface area contributed by atoms with Gasteiger partial charge in [-0.05, 0) is 54.5 Å². The summed E-state index contributed by atoms with van der Waals surface area (Å²) in [6, 6.07) is 12.4. The van der Waals surface area contributed by atoms with Crippen LogP contribution in [0.2, 0.25) is 0 Å². The second kappa shape index (κ2) is 17.3. The number of aromatic nitrogens is 1. The van der Waals surface area contributed by atoms with Gasteiger partial charge in [0.15, 0.2) is 30.7 Å². The molecule has 3 aromatic rings. The summed E-state index contributed by atoms with van der Waals surface area (Å²) in [5.74, 6) is -3.38. The van der Waals surface area contributed by atoms with Gasteiger partial charge in [0.1, 0.15) is 0 Å². The highest BCUT2D eigenvalue weighted by atomic mass is 16.7. The standard InChI is InChI=1S/C37H45N3O12/c1-19(2)27-11-9-10-12-28(27)38-37(46)40(18-26-17-25-16-20(3)15-21(4)29(25)39-34(26)44)13-14-48-36-33(51-24(7)43)31(50-23(6)42)30(49-22(5)41)32(52-36)35(45)47-8/h9-12,15-17,19,30-33,36H,13-14,18H2,1-8H3,(H,38,46)(H,39,44)/t30-,31-,32-,33+,36+/m0/s1. The second-order valence-corrected chi connectivity index (χ2v) is 12.8. The van der Waals surface area contributed by atoms with Gasteiger partial charge in [-0.2, -0.15) is 0 Å². The summed E-state index contributed by atoms with van der Waals surface area (Å²) in [7, 11) is 1.08. The second-order valence-electron chi connectivity index (χ2n) is 12.8. The van der Waals surface area contributed by atoms with E-state index in [2.05, 4.69) is 10.3 Å². The number of H-pyrrole nitrogens is 1. The summed E-state index contributed by atoms with van der Waals surface area (Å²) in [5.41, 5.74) is 3.99. The van der Waals surface area contributed by atoms with Gasteiger partial charge in [-0.1, -0.05) is 43.7 Å². The zero-order valence-electron chi connectivity index (χ0n) is 30.5. The monoisotopic (exact) mass is 723 g/mol. The maximum Gasteiger partial charge on any atom is 0.339 e. The number of ether oxygens (including phenoxy) is 6. The Hall–Kier alpha value is -5.28. The first-order valence-corrected chi connectivity index (χ1v) is 16.7. The molecule has 15 nitrogen and oxygen atoms in total. The smallest absolute Gasteiger partial charge is 0.339 e. The predicted molar refractivity (Wildman–Crippen MR) is 187 cm³/mol. The highest BCUT2D eigenvalue weighted by Gasteiger charge is 2.55. The molecule has 1 aliphatic rings. The molecule has 1 aromatic heterocycles. The first kappa shape index (κ1) is 39.5. The summed E-state index contributed by atoms with van der Waals surface area (Å²) in [6.45, 7) is 10.5. The average Bonchev–Trinajstić information content (AvgIpc) is 3.06. The lowest BCUT2D eigenvalue weighted by atomic mass is 9.97. The van der Waals surface area contributed by atoms with Crippen molar-refractivity contribution in [2.24, 2.45) is 0 Å². The third-order valence-electron chi connectivity index (χ3n) is 8.32. The molecule has 0 bridgehead atoms. The van der Waals surface area contributed by atoms with Gasteiger partial charge >= 0.3 is 29.9 Å². The molecule has 5 atom stereocenters. The van der Waals surface area contributed by atoms with Crippen LogP contribution in [0.1, 0.15) is 62.8 Å². The number of nitrogens with zero attached hydrogens (tertiary/aromatic N) is 1. The fourth-order valence-electron chi connectivity index (χ4n) is 6.11. The number of rotatable bonds is 12. The van der Waals surface area contributed by atoms with E-state index in [4.69, 9.17) is 28.4 Å². The van der Waals surface area contributed by atoms with Crippen molar-refractivity contribution in [3.05, 3.63) is 75.1 Å². The third kappa shape index (κ3) is 9.73. The van der Waals surface area contributed by atoms with Crippen LogP contribution in [0.25, 0.3) is 10.9 Å². The fraction of sp³-hybridized carbons (Fsp3) is 0.459. The molecule has 1 aliphatic heterocycles. The molecule has 2 amide bonds. The molecule has 15 heteroatoms. The number of nitrogens with one attached hydrogen (secondary N) is 2. The Morgan fingerprint density at radius 2 is 1.54 bits per heavy atom. The van der Waals surface area contributed by atoms with Crippen LogP contribution < -0.4 is 10.9 Å². The maximum absolute atomic E-state index is 13.9. The summed E-state index contributed by atoms with van der Waals surface area (Å²) >= 11 is 0. The number of esters is 4. The van der Waals surface area contributed by atoms with Crippen LogP contribution in [-0.2, 0) is 54.1 Å². The lowest BCUT2D eigenvalue weighted by molar-refractivity contribution is -0.301. The zero-order valence-corrected chi connectivity index (χ0v) is 30.5. The van der Waals surface area contributed by atoms with E-state index in [1.54, 1.807) is 18.2 Å². The van der Waals surface area contributed by atoms with Crippen molar-refractivity contribution in [3.8, 4) is 0 Å². The number of aryl methyl sites for hydroxylation is 2. The van der Waals surface area contributed by atoms with Crippen molar-refractivity contribution in [3.63, 3.8) is 0 Å².